The van der Waals surface area contributed by atoms with Gasteiger partial charge in [-0.3, -0.25) is 4.90 Å². The van der Waals surface area contributed by atoms with Crippen LogP contribution in [0.5, 0.6) is 0 Å². The standard InChI is InChI=1S/C57H103NO5/c1-7-8-9-10-11-12-13-14-15-16-17-18-19-20-21-22-38-61-46-51(32-35-58-36-39-59-40-37-58)63-44-42-60-41-43-62-50-30-33-56(5)49(45-50)26-27-52-54-29-28-53(48(4)25-23-24-47(2)3)57(54,6)34-31-55(52)56/h14-15,26,47-48,50-55H,7-13,16-25,27-46H2,1-6H3/t48-,50?,51?,52+,53-,54+,55+,56+,57-/m1/s1. The van der Waals surface area contributed by atoms with E-state index in [0.29, 0.717) is 50.0 Å². The lowest BCUT2D eigenvalue weighted by Gasteiger charge is -2.58. The number of hydrogen-bond acceptors (Lipinski definition) is 6. The highest BCUT2D eigenvalue weighted by atomic mass is 16.6. The fourth-order valence-electron chi connectivity index (χ4n) is 13.5. The topological polar surface area (TPSA) is 49.4 Å². The smallest absolute Gasteiger partial charge is 0.0821 e. The second-order valence-corrected chi connectivity index (χ2v) is 22.4. The first-order valence-electron chi connectivity index (χ1n) is 27.8. The quantitative estimate of drug-likeness (QED) is 0.0474. The summed E-state index contributed by atoms with van der Waals surface area (Å²) in [6.45, 7) is 23.9. The Morgan fingerprint density at radius 1 is 0.714 bits per heavy atom. The summed E-state index contributed by atoms with van der Waals surface area (Å²) in [7, 11) is 0. The van der Waals surface area contributed by atoms with E-state index in [2.05, 4.69) is 64.7 Å². The molecule has 0 amide bonds. The molecular weight excluding hydrogens is 779 g/mol. The maximum absolute atomic E-state index is 6.52. The average Bonchev–Trinajstić information content (AvgIpc) is 3.64. The molecule has 6 heteroatoms. The number of fused-ring (bicyclic) bond motifs is 5. The van der Waals surface area contributed by atoms with E-state index in [0.717, 1.165) is 94.2 Å². The van der Waals surface area contributed by atoms with Crippen LogP contribution in [0.1, 0.15) is 208 Å². The van der Waals surface area contributed by atoms with Gasteiger partial charge in [-0.2, -0.15) is 0 Å². The minimum atomic E-state index is 0.109. The van der Waals surface area contributed by atoms with E-state index in [-0.39, 0.29) is 6.10 Å². The average molecular weight is 882 g/mol. The fourth-order valence-corrected chi connectivity index (χ4v) is 13.5. The Morgan fingerprint density at radius 3 is 2.17 bits per heavy atom. The molecule has 1 heterocycles. The maximum atomic E-state index is 6.52. The molecular formula is C57H103NO5. The minimum absolute atomic E-state index is 0.109. The van der Waals surface area contributed by atoms with Crippen LogP contribution in [0, 0.1) is 46.3 Å². The third-order valence-electron chi connectivity index (χ3n) is 17.4. The van der Waals surface area contributed by atoms with Gasteiger partial charge >= 0.3 is 0 Å². The molecule has 0 N–H and O–H groups in total. The highest BCUT2D eigenvalue weighted by Crippen LogP contribution is 2.67. The van der Waals surface area contributed by atoms with Crippen molar-refractivity contribution in [1.82, 2.24) is 4.90 Å². The lowest BCUT2D eigenvalue weighted by atomic mass is 9.47. The van der Waals surface area contributed by atoms with Crippen molar-refractivity contribution in [2.75, 3.05) is 72.5 Å². The molecule has 0 radical (unpaired) electrons. The largest absolute Gasteiger partial charge is 0.379 e. The third-order valence-corrected chi connectivity index (χ3v) is 17.4. The molecule has 0 aromatic heterocycles. The molecule has 2 unspecified atom stereocenters. The van der Waals surface area contributed by atoms with Crippen LogP contribution < -0.4 is 0 Å². The lowest BCUT2D eigenvalue weighted by molar-refractivity contribution is -0.0728. The fraction of sp³-hybridized carbons (Fsp3) is 0.930. The third kappa shape index (κ3) is 17.7. The molecule has 1 aliphatic heterocycles. The van der Waals surface area contributed by atoms with E-state index in [1.165, 1.54) is 148 Å². The number of rotatable bonds is 34. The molecule has 4 fully saturated rings. The number of allylic oxidation sites excluding steroid dienone is 3. The Balaban J connectivity index is 0.912. The van der Waals surface area contributed by atoms with Gasteiger partial charge in [0.05, 0.1) is 58.5 Å². The van der Waals surface area contributed by atoms with Crippen molar-refractivity contribution in [2.45, 2.75) is 221 Å². The van der Waals surface area contributed by atoms with E-state index in [4.69, 9.17) is 23.7 Å². The van der Waals surface area contributed by atoms with Crippen LogP contribution in [0.15, 0.2) is 23.8 Å². The zero-order valence-corrected chi connectivity index (χ0v) is 42.5. The van der Waals surface area contributed by atoms with Gasteiger partial charge in [-0.25, -0.2) is 0 Å². The molecule has 9 atom stereocenters. The maximum Gasteiger partial charge on any atom is 0.0821 e. The number of morpholine rings is 1. The second-order valence-electron chi connectivity index (χ2n) is 22.4. The van der Waals surface area contributed by atoms with Crippen molar-refractivity contribution in [1.29, 1.82) is 0 Å². The van der Waals surface area contributed by atoms with Crippen molar-refractivity contribution in [2.24, 2.45) is 46.3 Å². The summed E-state index contributed by atoms with van der Waals surface area (Å²) in [5.41, 5.74) is 2.67. The summed E-state index contributed by atoms with van der Waals surface area (Å²) in [6.07, 6.45) is 42.7. The van der Waals surface area contributed by atoms with Crippen molar-refractivity contribution >= 4 is 0 Å². The molecule has 63 heavy (non-hydrogen) atoms. The first-order chi connectivity index (χ1) is 30.7. The van der Waals surface area contributed by atoms with Crippen LogP contribution in [0.3, 0.4) is 0 Å². The van der Waals surface area contributed by atoms with Gasteiger partial charge < -0.3 is 23.7 Å². The van der Waals surface area contributed by atoms with Crippen LogP contribution in [0.4, 0.5) is 0 Å². The number of ether oxygens (including phenoxy) is 5. The highest BCUT2D eigenvalue weighted by molar-refractivity contribution is 5.25. The molecule has 366 valence electrons. The van der Waals surface area contributed by atoms with Gasteiger partial charge in [-0.1, -0.05) is 142 Å². The van der Waals surface area contributed by atoms with Gasteiger partial charge in [0.25, 0.3) is 0 Å². The van der Waals surface area contributed by atoms with Gasteiger partial charge in [-0.15, -0.1) is 0 Å². The van der Waals surface area contributed by atoms with Gasteiger partial charge in [0, 0.05) is 26.2 Å². The Bertz CT molecular complexity index is 1250. The minimum Gasteiger partial charge on any atom is -0.379 e. The SMILES string of the molecule is CCCCCCCCC=CCCCCCCCCOCC(CCN1CCOCC1)OCCOCCOC1CC[C@@]2(C)C(=CC[C@H]3[C@@H]4CC[C@H]([C@H](C)CCCC(C)C)[C@@]4(C)CC[C@@H]32)C1. The normalized spacial score (nSPS) is 29.8. The molecule has 6 nitrogen and oxygen atoms in total. The van der Waals surface area contributed by atoms with Gasteiger partial charge in [0.1, 0.15) is 0 Å². The zero-order chi connectivity index (χ0) is 44.6. The van der Waals surface area contributed by atoms with Crippen molar-refractivity contribution in [3.05, 3.63) is 23.8 Å². The first kappa shape index (κ1) is 53.2. The molecule has 4 aliphatic carbocycles. The molecule has 0 aromatic rings. The monoisotopic (exact) mass is 882 g/mol. The Morgan fingerprint density at radius 2 is 1.43 bits per heavy atom. The summed E-state index contributed by atoms with van der Waals surface area (Å²) < 4.78 is 30.8. The van der Waals surface area contributed by atoms with Crippen molar-refractivity contribution < 1.29 is 23.7 Å². The Kier molecular flexibility index (Phi) is 25.2. The predicted molar refractivity (Wildman–Crippen MR) is 265 cm³/mol. The van der Waals surface area contributed by atoms with Crippen LogP contribution in [-0.2, 0) is 23.7 Å². The van der Waals surface area contributed by atoms with Crippen LogP contribution in [-0.4, -0.2) is 89.6 Å². The van der Waals surface area contributed by atoms with E-state index in [9.17, 15) is 0 Å². The molecule has 0 bridgehead atoms. The molecule has 0 aromatic carbocycles. The van der Waals surface area contributed by atoms with Crippen molar-refractivity contribution in [3.63, 3.8) is 0 Å². The molecule has 5 rings (SSSR count). The second kappa shape index (κ2) is 29.9. The highest BCUT2D eigenvalue weighted by Gasteiger charge is 2.59. The van der Waals surface area contributed by atoms with E-state index < -0.39 is 0 Å². The predicted octanol–water partition coefficient (Wildman–Crippen LogP) is 14.6. The Labute approximate surface area is 390 Å². The molecule has 5 aliphatic rings. The number of nitrogens with zero attached hydrogens (tertiary/aromatic N) is 1. The first-order valence-corrected chi connectivity index (χ1v) is 27.8. The van der Waals surface area contributed by atoms with E-state index >= 15 is 0 Å². The summed E-state index contributed by atoms with van der Waals surface area (Å²) in [4.78, 5) is 2.50. The van der Waals surface area contributed by atoms with Crippen molar-refractivity contribution in [3.8, 4) is 0 Å². The van der Waals surface area contributed by atoms with Crippen LogP contribution in [0.25, 0.3) is 0 Å². The van der Waals surface area contributed by atoms with E-state index in [1.807, 2.05) is 0 Å². The number of hydrogen-bond donors (Lipinski definition) is 0. The zero-order valence-electron chi connectivity index (χ0n) is 42.5. The summed E-state index contributed by atoms with van der Waals surface area (Å²) in [5, 5.41) is 0. The van der Waals surface area contributed by atoms with Gasteiger partial charge in [-0.05, 0) is 136 Å². The molecule has 1 saturated heterocycles. The molecule has 3 saturated carbocycles. The van der Waals surface area contributed by atoms with Gasteiger partial charge in [0.15, 0.2) is 0 Å². The van der Waals surface area contributed by atoms with Gasteiger partial charge in [0.2, 0.25) is 0 Å². The van der Waals surface area contributed by atoms with E-state index in [1.54, 1.807) is 5.57 Å². The van der Waals surface area contributed by atoms with Crippen LogP contribution >= 0.6 is 0 Å². The number of unbranched alkanes of at least 4 members (excludes halogenated alkanes) is 12. The Hall–Kier alpha value is -0.760. The summed E-state index contributed by atoms with van der Waals surface area (Å²) >= 11 is 0. The summed E-state index contributed by atoms with van der Waals surface area (Å²) in [5.74, 6) is 5.35. The van der Waals surface area contributed by atoms with Crippen LogP contribution in [0.2, 0.25) is 0 Å². The summed E-state index contributed by atoms with van der Waals surface area (Å²) in [6, 6.07) is 0. The molecule has 0 spiro atoms. The lowest BCUT2D eigenvalue weighted by Crippen LogP contribution is -2.51.